The molecule has 29 heavy (non-hydrogen) atoms. The van der Waals surface area contributed by atoms with Crippen LogP contribution in [0, 0.1) is 12.7 Å². The molecule has 1 aliphatic rings. The standard InChI is InChI=1S/C18H20ClFN6O.2ClH/c1-8-13-17(21)23-7-24-18(13)26(25-8)9(2)11-4-12(19)15(20)14(16(11)27-3)10-5-22-6-10;;/h4,7,9-10,22H,5-6H2,1-3H3,(H2,21,23,24);2*1H. The second-order valence-electron chi connectivity index (χ2n) is 6.73. The van der Waals surface area contributed by atoms with Crippen molar-refractivity contribution in [3.05, 3.63) is 40.1 Å². The average Bonchev–Trinajstić information content (AvgIpc) is 2.94. The summed E-state index contributed by atoms with van der Waals surface area (Å²) >= 11 is 6.23. The van der Waals surface area contributed by atoms with Gasteiger partial charge in [0.1, 0.15) is 23.7 Å². The van der Waals surface area contributed by atoms with Gasteiger partial charge in [-0.1, -0.05) is 11.6 Å². The molecule has 11 heteroatoms. The van der Waals surface area contributed by atoms with E-state index in [1.807, 2.05) is 13.8 Å². The van der Waals surface area contributed by atoms with Crippen LogP contribution < -0.4 is 15.8 Å². The van der Waals surface area contributed by atoms with Crippen LogP contribution in [0.3, 0.4) is 0 Å². The number of benzene rings is 1. The predicted molar refractivity (Wildman–Crippen MR) is 116 cm³/mol. The molecule has 0 bridgehead atoms. The zero-order chi connectivity index (χ0) is 19.3. The summed E-state index contributed by atoms with van der Waals surface area (Å²) in [7, 11) is 1.54. The van der Waals surface area contributed by atoms with Crippen molar-refractivity contribution in [1.82, 2.24) is 25.1 Å². The SMILES string of the molecule is COc1c(C(C)n2nc(C)c3c(N)ncnc32)cc(Cl)c(F)c1C1CNC1.Cl.Cl. The molecule has 0 saturated carbocycles. The highest BCUT2D eigenvalue weighted by Crippen LogP contribution is 2.42. The average molecular weight is 464 g/mol. The Kier molecular flexibility index (Phi) is 7.16. The maximum absolute atomic E-state index is 14.8. The molecule has 1 atom stereocenters. The van der Waals surface area contributed by atoms with Crippen LogP contribution in [0.25, 0.3) is 11.0 Å². The Morgan fingerprint density at radius 3 is 2.62 bits per heavy atom. The van der Waals surface area contributed by atoms with E-state index in [1.165, 1.54) is 6.33 Å². The molecule has 0 aliphatic carbocycles. The fourth-order valence-electron chi connectivity index (χ4n) is 3.62. The van der Waals surface area contributed by atoms with Crippen molar-refractivity contribution in [2.75, 3.05) is 25.9 Å². The van der Waals surface area contributed by atoms with Gasteiger partial charge in [0, 0.05) is 30.1 Å². The largest absolute Gasteiger partial charge is 0.496 e. The van der Waals surface area contributed by atoms with E-state index < -0.39 is 5.82 Å². The molecule has 0 radical (unpaired) electrons. The number of fused-ring (bicyclic) bond motifs is 1. The van der Waals surface area contributed by atoms with Crippen molar-refractivity contribution in [2.45, 2.75) is 25.8 Å². The Morgan fingerprint density at radius 2 is 2.03 bits per heavy atom. The molecule has 0 amide bonds. The molecular weight excluding hydrogens is 442 g/mol. The highest BCUT2D eigenvalue weighted by Gasteiger charge is 2.31. The molecule has 3 aromatic rings. The Hall–Kier alpha value is -1.87. The third-order valence-corrected chi connectivity index (χ3v) is 5.41. The van der Waals surface area contributed by atoms with Gasteiger partial charge in [-0.25, -0.2) is 19.0 Å². The molecule has 1 unspecified atom stereocenters. The molecule has 1 aliphatic heterocycles. The summed E-state index contributed by atoms with van der Waals surface area (Å²) < 4.78 is 22.2. The minimum Gasteiger partial charge on any atom is -0.496 e. The molecule has 4 rings (SSSR count). The maximum atomic E-state index is 14.8. The smallest absolute Gasteiger partial charge is 0.164 e. The molecule has 3 N–H and O–H groups in total. The zero-order valence-corrected chi connectivity index (χ0v) is 18.5. The number of anilines is 1. The van der Waals surface area contributed by atoms with E-state index in [-0.39, 0.29) is 41.8 Å². The number of halogens is 4. The van der Waals surface area contributed by atoms with Gasteiger partial charge in [0.15, 0.2) is 5.65 Å². The molecule has 1 aromatic carbocycles. The van der Waals surface area contributed by atoms with E-state index in [4.69, 9.17) is 22.1 Å². The number of ether oxygens (including phenoxy) is 1. The lowest BCUT2D eigenvalue weighted by Crippen LogP contribution is -2.40. The third kappa shape index (κ3) is 3.70. The summed E-state index contributed by atoms with van der Waals surface area (Å²) in [6, 6.07) is 1.30. The van der Waals surface area contributed by atoms with Crippen LogP contribution in [0.5, 0.6) is 5.75 Å². The summed E-state index contributed by atoms with van der Waals surface area (Å²) in [6.45, 7) is 5.18. The van der Waals surface area contributed by atoms with Crippen LogP contribution in [0.2, 0.25) is 5.02 Å². The fraction of sp³-hybridized carbons (Fsp3) is 0.389. The first-order chi connectivity index (χ1) is 12.9. The summed E-state index contributed by atoms with van der Waals surface area (Å²) in [4.78, 5) is 8.38. The Morgan fingerprint density at radius 1 is 1.34 bits per heavy atom. The third-order valence-electron chi connectivity index (χ3n) is 5.14. The van der Waals surface area contributed by atoms with Crippen LogP contribution >= 0.6 is 36.4 Å². The molecule has 3 heterocycles. The van der Waals surface area contributed by atoms with Crippen molar-refractivity contribution < 1.29 is 9.13 Å². The Bertz CT molecular complexity index is 1040. The van der Waals surface area contributed by atoms with Gasteiger partial charge in [0.25, 0.3) is 0 Å². The number of rotatable bonds is 4. The summed E-state index contributed by atoms with van der Waals surface area (Å²) in [6.07, 6.45) is 1.41. The fourth-order valence-corrected chi connectivity index (χ4v) is 3.84. The Balaban J connectivity index is 0.00000150. The number of hydrogen-bond donors (Lipinski definition) is 2. The number of nitrogens with one attached hydrogen (secondary N) is 1. The van der Waals surface area contributed by atoms with Gasteiger partial charge in [0.2, 0.25) is 0 Å². The van der Waals surface area contributed by atoms with Crippen LogP contribution in [-0.2, 0) is 0 Å². The van der Waals surface area contributed by atoms with E-state index >= 15 is 0 Å². The van der Waals surface area contributed by atoms with Crippen molar-refractivity contribution in [3.8, 4) is 5.75 Å². The van der Waals surface area contributed by atoms with Crippen LogP contribution in [0.4, 0.5) is 10.2 Å². The number of nitrogen functional groups attached to an aromatic ring is 1. The monoisotopic (exact) mass is 462 g/mol. The quantitative estimate of drug-likeness (QED) is 0.614. The number of methoxy groups -OCH3 is 1. The van der Waals surface area contributed by atoms with Crippen molar-refractivity contribution in [3.63, 3.8) is 0 Å². The normalized spacial score (nSPS) is 14.7. The van der Waals surface area contributed by atoms with Gasteiger partial charge in [-0.15, -0.1) is 24.8 Å². The maximum Gasteiger partial charge on any atom is 0.164 e. The van der Waals surface area contributed by atoms with Gasteiger partial charge in [0.05, 0.1) is 29.3 Å². The first kappa shape index (κ1) is 23.4. The number of nitrogens with two attached hydrogens (primary N) is 1. The van der Waals surface area contributed by atoms with E-state index in [0.29, 0.717) is 41.3 Å². The lowest BCUT2D eigenvalue weighted by Gasteiger charge is -2.31. The summed E-state index contributed by atoms with van der Waals surface area (Å²) in [5.41, 5.74) is 8.58. The molecule has 1 saturated heterocycles. The summed E-state index contributed by atoms with van der Waals surface area (Å²) in [5, 5.41) is 8.53. The van der Waals surface area contributed by atoms with Crippen LogP contribution in [0.1, 0.15) is 35.7 Å². The van der Waals surface area contributed by atoms with Crippen molar-refractivity contribution in [2.24, 2.45) is 0 Å². The minimum atomic E-state index is -0.427. The first-order valence-corrected chi connectivity index (χ1v) is 9.03. The molecule has 158 valence electrons. The second kappa shape index (κ2) is 8.87. The molecule has 7 nitrogen and oxygen atoms in total. The number of hydrogen-bond acceptors (Lipinski definition) is 6. The lowest BCUT2D eigenvalue weighted by atomic mass is 9.89. The van der Waals surface area contributed by atoms with Crippen LogP contribution in [-0.4, -0.2) is 39.9 Å². The molecule has 2 aromatic heterocycles. The number of aryl methyl sites for hydroxylation is 1. The van der Waals surface area contributed by atoms with Crippen molar-refractivity contribution >= 4 is 53.3 Å². The van der Waals surface area contributed by atoms with E-state index in [2.05, 4.69) is 20.4 Å². The zero-order valence-electron chi connectivity index (χ0n) is 16.1. The van der Waals surface area contributed by atoms with Gasteiger partial charge >= 0.3 is 0 Å². The molecule has 0 spiro atoms. The first-order valence-electron chi connectivity index (χ1n) is 8.65. The van der Waals surface area contributed by atoms with Gasteiger partial charge < -0.3 is 15.8 Å². The predicted octanol–water partition coefficient (Wildman–Crippen LogP) is 3.66. The highest BCUT2D eigenvalue weighted by atomic mass is 35.5. The topological polar surface area (TPSA) is 90.9 Å². The van der Waals surface area contributed by atoms with Crippen LogP contribution in [0.15, 0.2) is 12.4 Å². The second-order valence-corrected chi connectivity index (χ2v) is 7.13. The number of aromatic nitrogens is 4. The van der Waals surface area contributed by atoms with E-state index in [0.717, 1.165) is 11.3 Å². The van der Waals surface area contributed by atoms with Gasteiger partial charge in [-0.3, -0.25) is 0 Å². The van der Waals surface area contributed by atoms with Crippen molar-refractivity contribution in [1.29, 1.82) is 0 Å². The molecular formula is C18H22Cl3FN6O. The highest BCUT2D eigenvalue weighted by molar-refractivity contribution is 6.31. The lowest BCUT2D eigenvalue weighted by molar-refractivity contribution is 0.365. The van der Waals surface area contributed by atoms with E-state index in [1.54, 1.807) is 17.9 Å². The van der Waals surface area contributed by atoms with Gasteiger partial charge in [-0.05, 0) is 19.9 Å². The summed E-state index contributed by atoms with van der Waals surface area (Å²) in [5.74, 6) is 0.475. The molecule has 1 fully saturated rings. The minimum absolute atomic E-state index is 0. The van der Waals surface area contributed by atoms with Gasteiger partial charge in [-0.2, -0.15) is 5.10 Å². The number of nitrogens with zero attached hydrogens (tertiary/aromatic N) is 4. The van der Waals surface area contributed by atoms with E-state index in [9.17, 15) is 4.39 Å². The Labute approximate surface area is 185 Å².